The molecule has 0 aliphatic carbocycles. The van der Waals surface area contributed by atoms with Crippen molar-refractivity contribution in [3.05, 3.63) is 65.7 Å². The van der Waals surface area contributed by atoms with E-state index in [2.05, 4.69) is 0 Å². The van der Waals surface area contributed by atoms with Gasteiger partial charge in [0.1, 0.15) is 0 Å². The van der Waals surface area contributed by atoms with Gasteiger partial charge in [-0.3, -0.25) is 9.69 Å². The van der Waals surface area contributed by atoms with E-state index in [0.29, 0.717) is 13.2 Å². The van der Waals surface area contributed by atoms with Gasteiger partial charge in [0.15, 0.2) is 0 Å². The van der Waals surface area contributed by atoms with E-state index >= 15 is 0 Å². The third-order valence-electron chi connectivity index (χ3n) is 4.11. The molecule has 0 bridgehead atoms. The molecule has 1 atom stereocenters. The molecule has 0 spiro atoms. The van der Waals surface area contributed by atoms with Crippen molar-refractivity contribution in [2.24, 2.45) is 0 Å². The number of halogens is 3. The van der Waals surface area contributed by atoms with Crippen molar-refractivity contribution in [2.45, 2.75) is 29.7 Å². The average Bonchev–Trinajstić information content (AvgIpc) is 2.65. The predicted molar refractivity (Wildman–Crippen MR) is 105 cm³/mol. The molecule has 0 aliphatic rings. The Balaban J connectivity index is 2.05. The Labute approximate surface area is 167 Å². The van der Waals surface area contributed by atoms with Crippen LogP contribution in [0.15, 0.2) is 59.5 Å². The van der Waals surface area contributed by atoms with Gasteiger partial charge in [-0.25, -0.2) is 0 Å². The van der Waals surface area contributed by atoms with Gasteiger partial charge in [0.2, 0.25) is 0 Å². The lowest BCUT2D eigenvalue weighted by atomic mass is 10.1. The maximum absolute atomic E-state index is 12.8. The maximum atomic E-state index is 12.8. The van der Waals surface area contributed by atoms with E-state index in [1.54, 1.807) is 6.92 Å². The van der Waals surface area contributed by atoms with Crippen LogP contribution in [-0.2, 0) is 15.7 Å². The largest absolute Gasteiger partial charge is 0.465 e. The molecular formula is C21H24F3NO2S. The summed E-state index contributed by atoms with van der Waals surface area (Å²) in [4.78, 5) is 14.3. The van der Waals surface area contributed by atoms with Crippen LogP contribution in [0.2, 0.25) is 0 Å². The Morgan fingerprint density at radius 1 is 1.11 bits per heavy atom. The molecule has 2 aromatic rings. The van der Waals surface area contributed by atoms with Crippen molar-refractivity contribution in [1.82, 2.24) is 4.90 Å². The highest BCUT2D eigenvalue weighted by molar-refractivity contribution is 7.99. The number of hydrogen-bond acceptors (Lipinski definition) is 4. The second-order valence-electron chi connectivity index (χ2n) is 6.37. The fourth-order valence-corrected chi connectivity index (χ4v) is 3.83. The summed E-state index contributed by atoms with van der Waals surface area (Å²) in [5.74, 6) is -0.267. The molecule has 0 aliphatic heterocycles. The summed E-state index contributed by atoms with van der Waals surface area (Å²) in [5.41, 5.74) is 0.444. The predicted octanol–water partition coefficient (Wildman–Crippen LogP) is 5.42. The zero-order valence-electron chi connectivity index (χ0n) is 15.9. The van der Waals surface area contributed by atoms with E-state index in [0.717, 1.165) is 29.0 Å². The van der Waals surface area contributed by atoms with Crippen LogP contribution in [0.5, 0.6) is 0 Å². The van der Waals surface area contributed by atoms with Gasteiger partial charge in [-0.15, -0.1) is 11.8 Å². The number of alkyl halides is 3. The van der Waals surface area contributed by atoms with Crippen molar-refractivity contribution in [3.8, 4) is 0 Å². The number of hydrogen-bond donors (Lipinski definition) is 0. The van der Waals surface area contributed by atoms with Crippen LogP contribution in [-0.4, -0.2) is 37.6 Å². The van der Waals surface area contributed by atoms with Gasteiger partial charge in [-0.05, 0) is 56.8 Å². The minimum Gasteiger partial charge on any atom is -0.465 e. The first-order valence-electron chi connectivity index (χ1n) is 9.02. The molecule has 0 aromatic heterocycles. The molecule has 0 amide bonds. The minimum absolute atomic E-state index is 0.0579. The number of likely N-dealkylation sites (N-methyl/N-ethyl adjacent to an activating group) is 1. The number of carbonyl (C=O) groups excluding carboxylic acids is 1. The molecule has 1 unspecified atom stereocenters. The third kappa shape index (κ3) is 7.20. The average molecular weight is 411 g/mol. The first kappa shape index (κ1) is 22.3. The molecule has 2 rings (SSSR count). The quantitative estimate of drug-likeness (QED) is 0.407. The minimum atomic E-state index is -4.34. The number of nitrogens with zero attached hydrogens (tertiary/aromatic N) is 1. The fourth-order valence-electron chi connectivity index (χ4n) is 2.69. The Hall–Kier alpha value is -1.99. The van der Waals surface area contributed by atoms with Crippen molar-refractivity contribution in [2.75, 3.05) is 26.7 Å². The SMILES string of the molecule is CCOC(=O)CN(C)CCC(Sc1ccc(C(F)(F)F)cc1)c1ccccc1. The Morgan fingerprint density at radius 3 is 2.32 bits per heavy atom. The van der Waals surface area contributed by atoms with Gasteiger partial charge >= 0.3 is 12.1 Å². The van der Waals surface area contributed by atoms with Crippen LogP contribution in [0.4, 0.5) is 13.2 Å². The van der Waals surface area contributed by atoms with E-state index < -0.39 is 11.7 Å². The number of thioether (sulfide) groups is 1. The zero-order chi connectivity index (χ0) is 20.6. The normalized spacial score (nSPS) is 12.8. The zero-order valence-corrected chi connectivity index (χ0v) is 16.7. The molecule has 152 valence electrons. The fraction of sp³-hybridized carbons (Fsp3) is 0.381. The molecule has 2 aromatic carbocycles. The smallest absolute Gasteiger partial charge is 0.416 e. The van der Waals surface area contributed by atoms with Gasteiger partial charge in [0.05, 0.1) is 18.7 Å². The first-order valence-corrected chi connectivity index (χ1v) is 9.90. The number of rotatable bonds is 9. The van der Waals surface area contributed by atoms with Crippen LogP contribution in [0, 0.1) is 0 Å². The Kier molecular flexibility index (Phi) is 8.38. The number of ether oxygens (including phenoxy) is 1. The molecule has 7 heteroatoms. The standard InChI is InChI=1S/C21H24F3NO2S/c1-3-27-20(26)15-25(2)14-13-19(16-7-5-4-6-8-16)28-18-11-9-17(10-12-18)21(22,23)24/h4-12,19H,3,13-15H2,1-2H3. The van der Waals surface area contributed by atoms with Gasteiger partial charge < -0.3 is 4.74 Å². The summed E-state index contributed by atoms with van der Waals surface area (Å²) in [6.45, 7) is 2.99. The highest BCUT2D eigenvalue weighted by Gasteiger charge is 2.30. The van der Waals surface area contributed by atoms with Gasteiger partial charge in [-0.2, -0.15) is 13.2 Å². The van der Waals surface area contributed by atoms with Gasteiger partial charge in [0, 0.05) is 10.1 Å². The second kappa shape index (κ2) is 10.5. The molecule has 0 N–H and O–H groups in total. The molecule has 0 heterocycles. The molecule has 0 fully saturated rings. The van der Waals surface area contributed by atoms with Crippen molar-refractivity contribution >= 4 is 17.7 Å². The van der Waals surface area contributed by atoms with Crippen molar-refractivity contribution < 1.29 is 22.7 Å². The summed E-state index contributed by atoms with van der Waals surface area (Å²) in [6, 6.07) is 15.1. The monoisotopic (exact) mass is 411 g/mol. The summed E-state index contributed by atoms with van der Waals surface area (Å²) in [5, 5.41) is 0.0579. The lowest BCUT2D eigenvalue weighted by Gasteiger charge is -2.21. The topological polar surface area (TPSA) is 29.5 Å². The number of benzene rings is 2. The van der Waals surface area contributed by atoms with E-state index in [9.17, 15) is 18.0 Å². The molecule has 3 nitrogen and oxygen atoms in total. The van der Waals surface area contributed by atoms with E-state index in [4.69, 9.17) is 4.74 Å². The molecule has 0 radical (unpaired) electrons. The van der Waals surface area contributed by atoms with Crippen LogP contribution in [0.1, 0.15) is 29.7 Å². The summed E-state index contributed by atoms with van der Waals surface area (Å²) >= 11 is 1.52. The van der Waals surface area contributed by atoms with E-state index in [1.807, 2.05) is 42.3 Å². The Morgan fingerprint density at radius 2 is 1.75 bits per heavy atom. The first-order chi connectivity index (χ1) is 13.3. The number of carbonyl (C=O) groups is 1. The van der Waals surface area contributed by atoms with E-state index in [1.165, 1.54) is 23.9 Å². The second-order valence-corrected chi connectivity index (χ2v) is 7.65. The number of esters is 1. The van der Waals surface area contributed by atoms with Crippen molar-refractivity contribution in [3.63, 3.8) is 0 Å². The van der Waals surface area contributed by atoms with E-state index in [-0.39, 0.29) is 17.8 Å². The lowest BCUT2D eigenvalue weighted by molar-refractivity contribution is -0.144. The van der Waals surface area contributed by atoms with Crippen LogP contribution >= 0.6 is 11.8 Å². The van der Waals surface area contributed by atoms with Crippen LogP contribution in [0.3, 0.4) is 0 Å². The summed E-state index contributed by atoms with van der Waals surface area (Å²) < 4.78 is 43.3. The molecular weight excluding hydrogens is 387 g/mol. The van der Waals surface area contributed by atoms with Crippen LogP contribution in [0.25, 0.3) is 0 Å². The highest BCUT2D eigenvalue weighted by Crippen LogP contribution is 2.39. The third-order valence-corrected chi connectivity index (χ3v) is 5.45. The van der Waals surface area contributed by atoms with Gasteiger partial charge in [-0.1, -0.05) is 30.3 Å². The maximum Gasteiger partial charge on any atom is 0.416 e. The van der Waals surface area contributed by atoms with Crippen LogP contribution < -0.4 is 0 Å². The molecule has 28 heavy (non-hydrogen) atoms. The lowest BCUT2D eigenvalue weighted by Crippen LogP contribution is -2.28. The van der Waals surface area contributed by atoms with Gasteiger partial charge in [0.25, 0.3) is 0 Å². The molecule has 0 saturated heterocycles. The Bertz CT molecular complexity index is 736. The molecule has 0 saturated carbocycles. The summed E-state index contributed by atoms with van der Waals surface area (Å²) in [7, 11) is 1.85. The summed E-state index contributed by atoms with van der Waals surface area (Å²) in [6.07, 6.45) is -3.59. The van der Waals surface area contributed by atoms with Crippen molar-refractivity contribution in [1.29, 1.82) is 0 Å². The highest BCUT2D eigenvalue weighted by atomic mass is 32.2.